The lowest BCUT2D eigenvalue weighted by Crippen LogP contribution is -2.24. The molecule has 7 nitrogen and oxygen atoms in total. The van der Waals surface area contributed by atoms with Crippen LogP contribution in [0.2, 0.25) is 0 Å². The van der Waals surface area contributed by atoms with Gasteiger partial charge in [0.1, 0.15) is 23.0 Å². The lowest BCUT2D eigenvalue weighted by molar-refractivity contribution is -0.154. The van der Waals surface area contributed by atoms with Crippen molar-refractivity contribution in [2.45, 2.75) is 59.0 Å². The first-order valence-corrected chi connectivity index (χ1v) is 13.6. The van der Waals surface area contributed by atoms with Gasteiger partial charge < -0.3 is 9.47 Å². The van der Waals surface area contributed by atoms with Gasteiger partial charge in [0.15, 0.2) is 6.40 Å². The summed E-state index contributed by atoms with van der Waals surface area (Å²) in [5.74, 6) is 0.519. The van der Waals surface area contributed by atoms with Crippen LogP contribution in [0.1, 0.15) is 58.3 Å². The average Bonchev–Trinajstić information content (AvgIpc) is 2.94. The molecule has 0 amide bonds. The number of ether oxygens (including phenoxy) is 2. The number of rotatable bonds is 10. The molecule has 41 heavy (non-hydrogen) atoms. The third-order valence-electron chi connectivity index (χ3n) is 6.16. The first kappa shape index (κ1) is 29.4. The number of fused-ring (bicyclic) bond motifs is 1. The molecule has 212 valence electrons. The second kappa shape index (κ2) is 13.2. The first-order chi connectivity index (χ1) is 19.6. The minimum atomic E-state index is -0.540. The molecule has 0 aliphatic heterocycles. The van der Waals surface area contributed by atoms with Gasteiger partial charge in [0.2, 0.25) is 0 Å². The van der Waals surface area contributed by atoms with E-state index in [4.69, 9.17) is 14.5 Å². The zero-order valence-corrected chi connectivity index (χ0v) is 23.8. The molecule has 3 aromatic carbocycles. The second-order valence-electron chi connectivity index (χ2n) is 10.5. The Morgan fingerprint density at radius 2 is 1.76 bits per heavy atom. The van der Waals surface area contributed by atoms with Crippen LogP contribution in [-0.2, 0) is 20.7 Å². The van der Waals surface area contributed by atoms with Gasteiger partial charge in [-0.15, -0.1) is 0 Å². The Morgan fingerprint density at radius 3 is 2.44 bits per heavy atom. The number of allylic oxidation sites excluding steroid dienone is 1. The molecular formula is C33H34FN3O4. The van der Waals surface area contributed by atoms with Gasteiger partial charge in [-0.05, 0) is 89.1 Å². The Labute approximate surface area is 239 Å². The monoisotopic (exact) mass is 555 g/mol. The fourth-order valence-corrected chi connectivity index (χ4v) is 4.32. The number of hydrogen-bond acceptors (Lipinski definition) is 6. The van der Waals surface area contributed by atoms with Gasteiger partial charge in [0.25, 0.3) is 5.56 Å². The van der Waals surface area contributed by atoms with Crippen LogP contribution in [0.25, 0.3) is 22.3 Å². The molecule has 0 radical (unpaired) electrons. The molecule has 1 heterocycles. The van der Waals surface area contributed by atoms with Crippen molar-refractivity contribution in [2.24, 2.45) is 4.99 Å². The summed E-state index contributed by atoms with van der Waals surface area (Å²) in [4.78, 5) is 35.0. The number of unbranched alkanes of at least 4 members (excludes halogenated alkanes) is 1. The van der Waals surface area contributed by atoms with Crippen molar-refractivity contribution < 1.29 is 18.7 Å². The van der Waals surface area contributed by atoms with E-state index in [0.717, 1.165) is 5.56 Å². The zero-order chi connectivity index (χ0) is 29.4. The predicted molar refractivity (Wildman–Crippen MR) is 160 cm³/mol. The number of carbonyl (C=O) groups excluding carboxylic acids is 1. The fraction of sp³-hybridized carbons (Fsp3) is 0.273. The normalized spacial score (nSPS) is 12.2. The molecule has 8 heteroatoms. The van der Waals surface area contributed by atoms with Crippen LogP contribution in [0, 0.1) is 5.82 Å². The van der Waals surface area contributed by atoms with E-state index in [-0.39, 0.29) is 17.9 Å². The van der Waals surface area contributed by atoms with Crippen LogP contribution in [0.15, 0.2) is 88.7 Å². The van der Waals surface area contributed by atoms with Gasteiger partial charge in [-0.3, -0.25) is 14.2 Å². The van der Waals surface area contributed by atoms with Crippen molar-refractivity contribution in [1.82, 2.24) is 9.55 Å². The molecule has 4 rings (SSSR count). The van der Waals surface area contributed by atoms with E-state index in [0.29, 0.717) is 53.1 Å². The molecule has 0 bridgehead atoms. The van der Waals surface area contributed by atoms with E-state index < -0.39 is 11.4 Å². The number of hydrogen-bond donors (Lipinski definition) is 0. The Morgan fingerprint density at radius 1 is 1.02 bits per heavy atom. The average molecular weight is 556 g/mol. The number of aliphatic imine (C=N–C) groups is 1. The van der Waals surface area contributed by atoms with E-state index in [1.165, 1.54) is 23.1 Å². The van der Waals surface area contributed by atoms with Crippen LogP contribution in [0.3, 0.4) is 0 Å². The molecule has 0 saturated heterocycles. The number of halogens is 1. The summed E-state index contributed by atoms with van der Waals surface area (Å²) in [5, 5.41) is 0.408. The van der Waals surface area contributed by atoms with E-state index in [9.17, 15) is 14.0 Å². The molecule has 4 aromatic rings. The number of aromatic nitrogens is 2. The highest BCUT2D eigenvalue weighted by Gasteiger charge is 2.17. The first-order valence-electron chi connectivity index (χ1n) is 13.6. The maximum Gasteiger partial charge on any atom is 0.306 e. The number of esters is 1. The Hall–Kier alpha value is -4.59. The summed E-state index contributed by atoms with van der Waals surface area (Å²) >= 11 is 0. The summed E-state index contributed by atoms with van der Waals surface area (Å²) < 4.78 is 26.3. The molecular weight excluding hydrogens is 521 g/mol. The number of benzene rings is 3. The molecule has 0 atom stereocenters. The summed E-state index contributed by atoms with van der Waals surface area (Å²) in [6, 6.07) is 20.6. The summed E-state index contributed by atoms with van der Waals surface area (Å²) in [7, 11) is 0. The van der Waals surface area contributed by atoms with Gasteiger partial charge in [-0.2, -0.15) is 0 Å². The van der Waals surface area contributed by atoms with Crippen molar-refractivity contribution in [1.29, 1.82) is 0 Å². The molecule has 0 aliphatic carbocycles. The van der Waals surface area contributed by atoms with Crippen molar-refractivity contribution in [2.75, 3.05) is 0 Å². The Balaban J connectivity index is 1.59. The Bertz CT molecular complexity index is 1620. The molecule has 0 spiro atoms. The van der Waals surface area contributed by atoms with Crippen LogP contribution in [-0.4, -0.2) is 27.5 Å². The van der Waals surface area contributed by atoms with E-state index >= 15 is 0 Å². The molecule has 0 fully saturated rings. The summed E-state index contributed by atoms with van der Waals surface area (Å²) in [5.41, 5.74) is 1.70. The highest BCUT2D eigenvalue weighted by molar-refractivity contribution is 5.82. The smallest absolute Gasteiger partial charge is 0.306 e. The number of aryl methyl sites for hydroxylation is 1. The van der Waals surface area contributed by atoms with E-state index in [1.54, 1.807) is 30.3 Å². The van der Waals surface area contributed by atoms with Crippen molar-refractivity contribution in [3.63, 3.8) is 0 Å². The SMILES string of the molecule is C/C=C(\OC=Nc1ccc2c(=O)n(-c3ccc(F)cc3)c(CCCCC(=O)OC(C)(C)C)nc2c1)c1ccccc1. The predicted octanol–water partition coefficient (Wildman–Crippen LogP) is 7.32. The van der Waals surface area contributed by atoms with Crippen molar-refractivity contribution in [3.05, 3.63) is 106 Å². The third kappa shape index (κ3) is 7.97. The van der Waals surface area contributed by atoms with Crippen LogP contribution in [0.5, 0.6) is 0 Å². The highest BCUT2D eigenvalue weighted by Crippen LogP contribution is 2.22. The van der Waals surface area contributed by atoms with Crippen molar-refractivity contribution in [3.8, 4) is 5.69 Å². The largest absolute Gasteiger partial charge is 0.460 e. The van der Waals surface area contributed by atoms with Crippen LogP contribution in [0.4, 0.5) is 10.1 Å². The topological polar surface area (TPSA) is 82.8 Å². The standard InChI is InChI=1S/C33H34FN3O4/c1-5-29(23-11-7-6-8-12-23)40-22-35-25-17-20-27-28(21-25)36-30(13-9-10-14-31(38)41-33(2,3)4)37(32(27)39)26-18-15-24(34)16-19-26/h5-8,11-12,15-22H,9-10,13-14H2,1-4H3/b29-5-,35-22?. The van der Waals surface area contributed by atoms with Gasteiger partial charge in [0, 0.05) is 18.4 Å². The van der Waals surface area contributed by atoms with Gasteiger partial charge in [-0.1, -0.05) is 30.3 Å². The van der Waals surface area contributed by atoms with Gasteiger partial charge >= 0.3 is 5.97 Å². The number of carbonyl (C=O) groups is 1. The highest BCUT2D eigenvalue weighted by atomic mass is 19.1. The molecule has 0 unspecified atom stereocenters. The fourth-order valence-electron chi connectivity index (χ4n) is 4.32. The maximum absolute atomic E-state index is 13.6. The molecule has 0 N–H and O–H groups in total. The minimum Gasteiger partial charge on any atom is -0.460 e. The minimum absolute atomic E-state index is 0.266. The summed E-state index contributed by atoms with van der Waals surface area (Å²) in [6.45, 7) is 7.38. The van der Waals surface area contributed by atoms with Gasteiger partial charge in [-0.25, -0.2) is 14.4 Å². The van der Waals surface area contributed by atoms with E-state index in [1.807, 2.05) is 64.1 Å². The Kier molecular flexibility index (Phi) is 9.45. The maximum atomic E-state index is 13.6. The lowest BCUT2D eigenvalue weighted by atomic mass is 10.1. The van der Waals surface area contributed by atoms with E-state index in [2.05, 4.69) is 4.99 Å². The zero-order valence-electron chi connectivity index (χ0n) is 23.8. The lowest BCUT2D eigenvalue weighted by Gasteiger charge is -2.19. The third-order valence-corrected chi connectivity index (χ3v) is 6.16. The quantitative estimate of drug-likeness (QED) is 0.0673. The molecule has 0 aliphatic rings. The molecule has 0 saturated carbocycles. The number of nitrogens with zero attached hydrogens (tertiary/aromatic N) is 3. The molecule has 1 aromatic heterocycles. The van der Waals surface area contributed by atoms with Crippen molar-refractivity contribution >= 4 is 34.7 Å². The van der Waals surface area contributed by atoms with Crippen LogP contribution < -0.4 is 5.56 Å². The summed E-state index contributed by atoms with van der Waals surface area (Å²) in [6.07, 6.45) is 5.10. The van der Waals surface area contributed by atoms with Gasteiger partial charge in [0.05, 0.1) is 22.3 Å². The van der Waals surface area contributed by atoms with Crippen LogP contribution >= 0.6 is 0 Å². The second-order valence-corrected chi connectivity index (χ2v) is 10.5.